The quantitative estimate of drug-likeness (QED) is 0.239. The zero-order valence-electron chi connectivity index (χ0n) is 19.0. The second kappa shape index (κ2) is 11.0. The zero-order valence-corrected chi connectivity index (χ0v) is 21.4. The van der Waals surface area contributed by atoms with Crippen LogP contribution in [-0.2, 0) is 24.9 Å². The predicted octanol–water partition coefficient (Wildman–Crippen LogP) is 7.25. The molecule has 0 saturated heterocycles. The summed E-state index contributed by atoms with van der Waals surface area (Å²) in [6.45, 7) is 0. The fourth-order valence-electron chi connectivity index (χ4n) is 5.00. The van der Waals surface area contributed by atoms with Crippen LogP contribution in [0.5, 0.6) is 0 Å². The largest absolute Gasteiger partial charge is 0.512 e. The second-order valence-corrected chi connectivity index (χ2v) is 8.70. The summed E-state index contributed by atoms with van der Waals surface area (Å²) in [5.74, 6) is 0.972. The van der Waals surface area contributed by atoms with E-state index in [0.29, 0.717) is 18.1 Å². The first kappa shape index (κ1) is 24.2. The number of aromatic nitrogens is 1. The summed E-state index contributed by atoms with van der Waals surface area (Å²) in [6.07, 6.45) is 5.64. The van der Waals surface area contributed by atoms with Crippen molar-refractivity contribution in [2.45, 2.75) is 38.5 Å². The van der Waals surface area contributed by atoms with Crippen molar-refractivity contribution in [2.75, 3.05) is 0 Å². The monoisotopic (exact) mass is 626 g/mol. The third kappa shape index (κ3) is 4.94. The van der Waals surface area contributed by atoms with E-state index in [9.17, 15) is 9.90 Å². The Morgan fingerprint density at radius 3 is 2.29 bits per heavy atom. The normalized spacial score (nSPS) is 17.4. The van der Waals surface area contributed by atoms with E-state index in [1.54, 1.807) is 0 Å². The van der Waals surface area contributed by atoms with Crippen LogP contribution in [0.3, 0.4) is 0 Å². The number of Topliss-reactive ketones (excluding diaryl/α,β-unsaturated/α-hetero) is 1. The Kier molecular flexibility index (Phi) is 7.82. The van der Waals surface area contributed by atoms with Crippen LogP contribution in [0.2, 0.25) is 0 Å². The van der Waals surface area contributed by atoms with E-state index in [2.05, 4.69) is 65.2 Å². The minimum absolute atomic E-state index is 0. The molecule has 175 valence electrons. The molecule has 3 aromatic carbocycles. The maximum absolute atomic E-state index is 11.4. The third-order valence-electron chi connectivity index (χ3n) is 6.54. The molecule has 1 saturated carbocycles. The van der Waals surface area contributed by atoms with Gasteiger partial charge < -0.3 is 9.67 Å². The van der Waals surface area contributed by atoms with E-state index in [0.717, 1.165) is 65.5 Å². The van der Waals surface area contributed by atoms with Crippen LogP contribution in [0.15, 0.2) is 90.2 Å². The van der Waals surface area contributed by atoms with Gasteiger partial charge in [-0.2, -0.15) is 30.3 Å². The van der Waals surface area contributed by atoms with Crippen LogP contribution in [0.1, 0.15) is 38.5 Å². The van der Waals surface area contributed by atoms with E-state index in [1.165, 1.54) is 0 Å². The summed E-state index contributed by atoms with van der Waals surface area (Å²) in [5.41, 5.74) is 5.17. The van der Waals surface area contributed by atoms with Crippen molar-refractivity contribution >= 4 is 16.7 Å². The molecule has 1 aromatic heterocycles. The number of benzene rings is 3. The van der Waals surface area contributed by atoms with E-state index < -0.39 is 0 Å². The van der Waals surface area contributed by atoms with Crippen LogP contribution in [0.25, 0.3) is 27.8 Å². The average molecular weight is 626 g/mol. The number of allylic oxidation sites excluding steroid dienone is 2. The van der Waals surface area contributed by atoms with Gasteiger partial charge in [0, 0.05) is 44.2 Å². The van der Waals surface area contributed by atoms with Crippen LogP contribution in [0.4, 0.5) is 0 Å². The first-order chi connectivity index (χ1) is 16.2. The number of hydrogen-bond acceptors (Lipinski definition) is 2. The first-order valence-corrected chi connectivity index (χ1v) is 11.7. The molecule has 1 unspecified atom stereocenters. The molecular weight excluding hydrogens is 599 g/mol. The topological polar surface area (TPSA) is 42.2 Å². The van der Waals surface area contributed by atoms with Gasteiger partial charge in [-0.05, 0) is 49.3 Å². The number of hydrogen-bond donors (Lipinski definition) is 1. The Balaban J connectivity index is 0.000000180. The molecule has 0 aliphatic heterocycles. The van der Waals surface area contributed by atoms with Gasteiger partial charge in [0.2, 0.25) is 0 Å². The zero-order chi connectivity index (χ0) is 22.6. The van der Waals surface area contributed by atoms with Crippen LogP contribution in [0, 0.1) is 18.1 Å². The molecule has 2 aliphatic rings. The van der Waals surface area contributed by atoms with Gasteiger partial charge >= 0.3 is 0 Å². The molecule has 2 aliphatic carbocycles. The van der Waals surface area contributed by atoms with Crippen molar-refractivity contribution in [3.05, 3.63) is 102 Å². The predicted molar refractivity (Wildman–Crippen MR) is 132 cm³/mol. The number of carbonyl (C=O) groups excluding carboxylic acids is 1. The van der Waals surface area contributed by atoms with Gasteiger partial charge in [0.15, 0.2) is 5.78 Å². The smallest absolute Gasteiger partial charge is 0.162 e. The van der Waals surface area contributed by atoms with Gasteiger partial charge in [-0.25, -0.2) is 5.56 Å². The Bertz CT molecular complexity index is 1290. The number of aliphatic hydroxyl groups excluding tert-OH is 1. The van der Waals surface area contributed by atoms with Crippen molar-refractivity contribution in [3.8, 4) is 16.9 Å². The summed E-state index contributed by atoms with van der Waals surface area (Å²) < 4.78 is 2.24. The molecule has 1 atom stereocenters. The summed E-state index contributed by atoms with van der Waals surface area (Å²) >= 11 is 0. The van der Waals surface area contributed by atoms with Crippen molar-refractivity contribution < 1.29 is 30.0 Å². The molecule has 0 bridgehead atoms. The van der Waals surface area contributed by atoms with Gasteiger partial charge in [0.1, 0.15) is 0 Å². The number of fused-ring (bicyclic) bond motifs is 2. The maximum atomic E-state index is 11.4. The molecule has 4 aromatic rings. The van der Waals surface area contributed by atoms with Crippen LogP contribution < -0.4 is 0 Å². The average Bonchev–Trinajstić information content (AvgIpc) is 3.25. The molecule has 4 heteroatoms. The standard InChI is InChI=1S/C20H13N.C10H14O2.Ir/c1-3-9-16(10-4-1)20-15-17-11-7-8-14-19(17)21(20)18-12-5-2-6-13-18;11-8-5-1-3-7-4-2-6-9(12)10(7)8;/h1-9,11-14H;7,11H,1-6H2;/q-2;;. The summed E-state index contributed by atoms with van der Waals surface area (Å²) in [6, 6.07) is 33.6. The summed E-state index contributed by atoms with van der Waals surface area (Å²) in [7, 11) is 0. The Morgan fingerprint density at radius 2 is 1.56 bits per heavy atom. The summed E-state index contributed by atoms with van der Waals surface area (Å²) in [5, 5.41) is 10.7. The van der Waals surface area contributed by atoms with Crippen LogP contribution in [-0.4, -0.2) is 15.5 Å². The third-order valence-corrected chi connectivity index (χ3v) is 6.54. The number of para-hydroxylation sites is 2. The maximum Gasteiger partial charge on any atom is 0.162 e. The molecular formula is C30H27IrNO2-2. The molecule has 1 fully saturated rings. The first-order valence-electron chi connectivity index (χ1n) is 11.7. The van der Waals surface area contributed by atoms with E-state index in [1.807, 2.05) is 30.3 Å². The fraction of sp³-hybridized carbons (Fsp3) is 0.233. The minimum atomic E-state index is 0. The molecule has 1 radical (unpaired) electrons. The van der Waals surface area contributed by atoms with Crippen molar-refractivity contribution in [3.63, 3.8) is 0 Å². The number of nitrogens with zero attached hydrogens (tertiary/aromatic N) is 1. The van der Waals surface area contributed by atoms with Gasteiger partial charge in [-0.1, -0.05) is 30.3 Å². The van der Waals surface area contributed by atoms with E-state index in [-0.39, 0.29) is 25.9 Å². The minimum Gasteiger partial charge on any atom is -0.512 e. The Hall–Kier alpha value is -2.94. The van der Waals surface area contributed by atoms with E-state index in [4.69, 9.17) is 0 Å². The van der Waals surface area contributed by atoms with Gasteiger partial charge in [-0.3, -0.25) is 4.79 Å². The van der Waals surface area contributed by atoms with Gasteiger partial charge in [0.05, 0.1) is 5.76 Å². The SMILES string of the molecule is O=C1CCCC2CCCC(O)=C12.[Ir].[c-]1ccccc1-c1[c-]c2ccccc2n1-c1ccccc1. The number of rotatable bonds is 2. The molecule has 6 rings (SSSR count). The van der Waals surface area contributed by atoms with Crippen LogP contribution >= 0.6 is 0 Å². The van der Waals surface area contributed by atoms with Crippen molar-refractivity contribution in [1.82, 2.24) is 4.57 Å². The van der Waals surface area contributed by atoms with Gasteiger partial charge in [0.25, 0.3) is 0 Å². The second-order valence-electron chi connectivity index (χ2n) is 8.70. The molecule has 0 spiro atoms. The molecule has 1 N–H and O–H groups in total. The molecule has 1 heterocycles. The van der Waals surface area contributed by atoms with Gasteiger partial charge in [-0.15, -0.1) is 29.3 Å². The van der Waals surface area contributed by atoms with Crippen molar-refractivity contribution in [2.24, 2.45) is 5.92 Å². The summed E-state index contributed by atoms with van der Waals surface area (Å²) in [4.78, 5) is 11.4. The number of carbonyl (C=O) groups is 1. The molecule has 0 amide bonds. The Morgan fingerprint density at radius 1 is 0.853 bits per heavy atom. The number of ketones is 1. The van der Waals surface area contributed by atoms with E-state index >= 15 is 0 Å². The molecule has 3 nitrogen and oxygen atoms in total. The number of aliphatic hydroxyl groups is 1. The Labute approximate surface area is 214 Å². The fourth-order valence-corrected chi connectivity index (χ4v) is 5.00. The van der Waals surface area contributed by atoms with Crippen molar-refractivity contribution in [1.29, 1.82) is 0 Å². The molecule has 34 heavy (non-hydrogen) atoms.